The topological polar surface area (TPSA) is 57.5 Å². The Morgan fingerprint density at radius 1 is 0.474 bits per heavy atom. The van der Waals surface area contributed by atoms with E-state index in [1.807, 2.05) is 0 Å². The summed E-state index contributed by atoms with van der Waals surface area (Å²) in [6.07, 6.45) is 34.1. The first-order chi connectivity index (χ1) is 18.1. The Morgan fingerprint density at radius 2 is 0.711 bits per heavy atom. The van der Waals surface area contributed by atoms with Crippen LogP contribution in [0.25, 0.3) is 0 Å². The van der Waals surface area contributed by atoms with Crippen molar-refractivity contribution in [3.05, 3.63) is 0 Å². The maximum Gasteiger partial charge on any atom is 0.329 e. The Bertz CT molecular complexity index is 525. The average Bonchev–Trinajstić information content (AvgIpc) is 2.83. The van der Waals surface area contributed by atoms with Crippen molar-refractivity contribution in [1.29, 1.82) is 0 Å². The van der Waals surface area contributed by atoms with Crippen LogP contribution < -0.4 is 0 Å². The van der Waals surface area contributed by atoms with Gasteiger partial charge in [-0.25, -0.2) is 0 Å². The molecule has 0 aliphatic heterocycles. The van der Waals surface area contributed by atoms with Crippen molar-refractivity contribution in [2.45, 2.75) is 186 Å². The molecule has 0 fully saturated rings. The average molecular weight is 578 g/mol. The summed E-state index contributed by atoms with van der Waals surface area (Å²) in [5.41, 5.74) is 0. The van der Waals surface area contributed by atoms with Crippen LogP contribution in [-0.2, 0) is 4.57 Å². The van der Waals surface area contributed by atoms with Gasteiger partial charge in [0.2, 0.25) is 0 Å². The molecule has 0 radical (unpaired) electrons. The summed E-state index contributed by atoms with van der Waals surface area (Å²) >= 11 is 0. The predicted octanol–water partition coefficient (Wildman–Crippen LogP) is 12.0. The minimum Gasteiger partial charge on any atom is -0.324 e. The van der Waals surface area contributed by atoms with Crippen LogP contribution in [0, 0.1) is 0 Å². The van der Waals surface area contributed by atoms with Crippen LogP contribution in [0.1, 0.15) is 181 Å². The molecule has 230 valence electrons. The lowest BCUT2D eigenvalue weighted by molar-refractivity contribution is 0.354. The third kappa shape index (κ3) is 22.3. The molecule has 0 saturated carbocycles. The molecule has 5 heteroatoms. The number of unbranched alkanes of at least 4 members (excludes halogenated alkanes) is 22. The first kappa shape index (κ1) is 38.6. The van der Waals surface area contributed by atoms with E-state index in [4.69, 9.17) is 0 Å². The molecule has 38 heavy (non-hydrogen) atoms. The zero-order chi connectivity index (χ0) is 28.6. The normalized spacial score (nSPS) is 12.9. The summed E-state index contributed by atoms with van der Waals surface area (Å²) in [4.78, 5) is 20.1. The Morgan fingerprint density at radius 3 is 0.921 bits per heavy atom. The molecular weight excluding hydrogens is 506 g/mol. The molecule has 3 nitrogen and oxygen atoms in total. The highest BCUT2D eigenvalue weighted by atomic mass is 31.2. The van der Waals surface area contributed by atoms with Crippen LogP contribution in [0.15, 0.2) is 0 Å². The Balaban J connectivity index is 4.32. The largest absolute Gasteiger partial charge is 0.329 e. The second-order valence-electron chi connectivity index (χ2n) is 13.3. The second kappa shape index (κ2) is 24.2. The number of hydrogen-bond acceptors (Lipinski definition) is 1. The van der Waals surface area contributed by atoms with E-state index in [0.29, 0.717) is 0 Å². The molecule has 0 spiro atoms. The van der Waals surface area contributed by atoms with Crippen LogP contribution in [0.3, 0.4) is 0 Å². The van der Waals surface area contributed by atoms with Gasteiger partial charge in [0.05, 0.1) is 11.3 Å². The maximum atomic E-state index is 12.2. The quantitative estimate of drug-likeness (QED) is 0.0686. The van der Waals surface area contributed by atoms with Crippen molar-refractivity contribution in [2.75, 3.05) is 26.2 Å². The fraction of sp³-hybridized carbons (Fsp3) is 1.00. The Labute approximate surface area is 241 Å². The van der Waals surface area contributed by atoms with E-state index < -0.39 is 14.9 Å². The van der Waals surface area contributed by atoms with Crippen LogP contribution in [-0.4, -0.2) is 41.1 Å². The molecule has 0 aromatic rings. The zero-order valence-corrected chi connectivity index (χ0v) is 28.6. The third-order valence-corrected chi connectivity index (χ3v) is 13.6. The van der Waals surface area contributed by atoms with Crippen LogP contribution >= 0.6 is 14.9 Å². The molecule has 0 atom stereocenters. The highest BCUT2D eigenvalue weighted by Gasteiger charge is 2.50. The van der Waals surface area contributed by atoms with E-state index in [1.165, 1.54) is 141 Å². The fourth-order valence-corrected chi connectivity index (χ4v) is 11.1. The predicted molar refractivity (Wildman–Crippen MR) is 176 cm³/mol. The number of hydrogen-bond donors (Lipinski definition) is 2. The highest BCUT2D eigenvalue weighted by Crippen LogP contribution is 2.67. The molecule has 0 amide bonds. The fourth-order valence-electron chi connectivity index (χ4n) is 6.14. The third-order valence-electron chi connectivity index (χ3n) is 8.91. The molecular formula is C33H71O3P2+. The second-order valence-corrected chi connectivity index (χ2v) is 20.0. The van der Waals surface area contributed by atoms with Gasteiger partial charge in [-0.1, -0.05) is 155 Å². The van der Waals surface area contributed by atoms with Gasteiger partial charge in [-0.05, 0) is 25.7 Å². The smallest absolute Gasteiger partial charge is 0.324 e. The van der Waals surface area contributed by atoms with Gasteiger partial charge < -0.3 is 9.79 Å². The summed E-state index contributed by atoms with van der Waals surface area (Å²) in [5, 5.41) is -0.150. The summed E-state index contributed by atoms with van der Waals surface area (Å²) in [5.74, 6) is 0. The van der Waals surface area contributed by atoms with Crippen molar-refractivity contribution < 1.29 is 14.4 Å². The standard InChI is InChI=1S/C33H70O3P2/c1-6-8-10-12-14-16-18-20-22-24-26-28-30-33(37(3,4)5,32-38(34,35)36)31-29-27-25-23-21-19-17-15-13-11-9-7-2/h6-32H2,1-5H3,(H-,34,35,36)/p+1. The molecule has 0 bridgehead atoms. The minimum atomic E-state index is -4.02. The summed E-state index contributed by atoms with van der Waals surface area (Å²) in [7, 11) is -5.44. The lowest BCUT2D eigenvalue weighted by Gasteiger charge is -2.40. The van der Waals surface area contributed by atoms with E-state index >= 15 is 0 Å². The molecule has 0 saturated heterocycles. The molecule has 2 N–H and O–H groups in total. The van der Waals surface area contributed by atoms with Crippen molar-refractivity contribution >= 4 is 14.9 Å². The molecule has 0 aliphatic rings. The summed E-state index contributed by atoms with van der Waals surface area (Å²) in [6.45, 7) is 11.5. The van der Waals surface area contributed by atoms with Gasteiger partial charge in [0.25, 0.3) is 0 Å². The van der Waals surface area contributed by atoms with E-state index in [2.05, 4.69) is 33.8 Å². The SMILES string of the molecule is CCCCCCCCCCCCCCC(CCCCCCCCCCCCCC)(CP(=O)(O)O)[P+](C)(C)C. The van der Waals surface area contributed by atoms with Gasteiger partial charge in [-0.2, -0.15) is 0 Å². The van der Waals surface area contributed by atoms with Crippen molar-refractivity contribution in [1.82, 2.24) is 0 Å². The Kier molecular flexibility index (Phi) is 24.6. The van der Waals surface area contributed by atoms with Crippen LogP contribution in [0.4, 0.5) is 0 Å². The van der Waals surface area contributed by atoms with E-state index in [9.17, 15) is 14.4 Å². The molecule has 0 unspecified atom stereocenters. The molecule has 0 aromatic heterocycles. The van der Waals surface area contributed by atoms with Gasteiger partial charge in [0.15, 0.2) is 0 Å². The van der Waals surface area contributed by atoms with Gasteiger partial charge in [-0.15, -0.1) is 0 Å². The van der Waals surface area contributed by atoms with Crippen LogP contribution in [0.5, 0.6) is 0 Å². The summed E-state index contributed by atoms with van der Waals surface area (Å²) in [6, 6.07) is 0. The molecule has 0 rings (SSSR count). The van der Waals surface area contributed by atoms with Crippen molar-refractivity contribution in [2.24, 2.45) is 0 Å². The lowest BCUT2D eigenvalue weighted by atomic mass is 9.94. The first-order valence-electron chi connectivity index (χ1n) is 16.9. The van der Waals surface area contributed by atoms with E-state index in [0.717, 1.165) is 25.7 Å². The Hall–Kier alpha value is 0.580. The maximum absolute atomic E-state index is 12.2. The monoisotopic (exact) mass is 577 g/mol. The lowest BCUT2D eigenvalue weighted by Crippen LogP contribution is -2.35. The number of rotatable bonds is 29. The van der Waals surface area contributed by atoms with Gasteiger partial charge in [-0.3, -0.25) is 4.57 Å². The van der Waals surface area contributed by atoms with Crippen molar-refractivity contribution in [3.8, 4) is 0 Å². The van der Waals surface area contributed by atoms with Crippen LogP contribution in [0.2, 0.25) is 0 Å². The van der Waals surface area contributed by atoms with Gasteiger partial charge in [0.1, 0.15) is 0 Å². The molecule has 0 heterocycles. The van der Waals surface area contributed by atoms with Gasteiger partial charge in [0, 0.05) is 27.3 Å². The van der Waals surface area contributed by atoms with E-state index in [1.54, 1.807) is 0 Å². The first-order valence-corrected chi connectivity index (χ1v) is 21.9. The van der Waals surface area contributed by atoms with Crippen molar-refractivity contribution in [3.63, 3.8) is 0 Å². The van der Waals surface area contributed by atoms with Gasteiger partial charge >= 0.3 is 7.60 Å². The minimum absolute atomic E-state index is 0.105. The highest BCUT2D eigenvalue weighted by molar-refractivity contribution is 7.76. The van der Waals surface area contributed by atoms with E-state index in [-0.39, 0.29) is 11.3 Å². The summed E-state index contributed by atoms with van der Waals surface area (Å²) < 4.78 is 12.2. The zero-order valence-electron chi connectivity index (χ0n) is 26.8. The molecule has 0 aliphatic carbocycles. The molecule has 0 aromatic carbocycles.